The number of rotatable bonds is 4. The lowest BCUT2D eigenvalue weighted by Gasteiger charge is -2.06. The minimum absolute atomic E-state index is 0.119. The molecular weight excluding hydrogens is 276 g/mol. The maximum Gasteiger partial charge on any atom is 0.326 e. The van der Waals surface area contributed by atoms with Gasteiger partial charge in [-0.3, -0.25) is 4.79 Å². The van der Waals surface area contributed by atoms with Gasteiger partial charge in [0.2, 0.25) is 0 Å². The Kier molecular flexibility index (Phi) is 4.20. The number of benzene rings is 2. The van der Waals surface area contributed by atoms with Crippen LogP contribution in [0.2, 0.25) is 0 Å². The average Bonchev–Trinajstić information content (AvgIpc) is 2.39. The Hall–Kier alpha value is -2.14. The van der Waals surface area contributed by atoms with E-state index in [1.807, 2.05) is 6.92 Å². The number of hydrogen-bond acceptors (Lipinski definition) is 4. The Balaban J connectivity index is 2.08. The molecular formula is C15H14O4S. The molecule has 0 unspecified atom stereocenters. The summed E-state index contributed by atoms with van der Waals surface area (Å²) in [5.41, 5.74) is 0.954. The first-order valence-corrected chi connectivity index (χ1v) is 7.68. The number of sulfone groups is 1. The SMILES string of the molecule is Cc1ccc(S(=O)(=O)CC(=O)Oc2ccccc2)cc1. The van der Waals surface area contributed by atoms with Gasteiger partial charge in [-0.2, -0.15) is 0 Å². The van der Waals surface area contributed by atoms with E-state index < -0.39 is 21.6 Å². The van der Waals surface area contributed by atoms with Crippen molar-refractivity contribution in [3.05, 3.63) is 60.2 Å². The summed E-state index contributed by atoms with van der Waals surface area (Å²) in [5, 5.41) is 0. The molecule has 0 heterocycles. The van der Waals surface area contributed by atoms with Crippen LogP contribution < -0.4 is 4.74 Å². The second-order valence-corrected chi connectivity index (χ2v) is 6.35. The lowest BCUT2D eigenvalue weighted by atomic mass is 10.2. The molecule has 0 fully saturated rings. The third kappa shape index (κ3) is 3.68. The fourth-order valence-corrected chi connectivity index (χ4v) is 2.72. The van der Waals surface area contributed by atoms with Crippen molar-refractivity contribution >= 4 is 15.8 Å². The molecule has 0 bridgehead atoms. The minimum atomic E-state index is -3.67. The van der Waals surface area contributed by atoms with Crippen molar-refractivity contribution < 1.29 is 17.9 Å². The van der Waals surface area contributed by atoms with Crippen molar-refractivity contribution in [2.75, 3.05) is 5.75 Å². The summed E-state index contributed by atoms with van der Waals surface area (Å²) in [7, 11) is -3.67. The summed E-state index contributed by atoms with van der Waals surface area (Å²) in [4.78, 5) is 11.8. The summed E-state index contributed by atoms with van der Waals surface area (Å²) in [6.45, 7) is 1.86. The molecule has 0 saturated carbocycles. The fourth-order valence-electron chi connectivity index (χ4n) is 1.63. The minimum Gasteiger partial charge on any atom is -0.426 e. The van der Waals surface area contributed by atoms with E-state index >= 15 is 0 Å². The van der Waals surface area contributed by atoms with Gasteiger partial charge < -0.3 is 4.74 Å². The Morgan fingerprint density at radius 1 is 1.00 bits per heavy atom. The Morgan fingerprint density at radius 2 is 1.60 bits per heavy atom. The van der Waals surface area contributed by atoms with Crippen molar-refractivity contribution in [2.24, 2.45) is 0 Å². The van der Waals surface area contributed by atoms with Gasteiger partial charge in [-0.25, -0.2) is 8.42 Å². The van der Waals surface area contributed by atoms with Gasteiger partial charge in [0.05, 0.1) is 4.90 Å². The topological polar surface area (TPSA) is 60.4 Å². The molecule has 0 spiro atoms. The number of carbonyl (C=O) groups is 1. The maximum absolute atomic E-state index is 12.0. The summed E-state index contributed by atoms with van der Waals surface area (Å²) >= 11 is 0. The Labute approximate surface area is 117 Å². The van der Waals surface area contributed by atoms with Gasteiger partial charge >= 0.3 is 5.97 Å². The first-order valence-electron chi connectivity index (χ1n) is 6.02. The van der Waals surface area contributed by atoms with Crippen molar-refractivity contribution in [1.29, 1.82) is 0 Å². The van der Waals surface area contributed by atoms with Crippen LogP contribution in [0.4, 0.5) is 0 Å². The lowest BCUT2D eigenvalue weighted by Crippen LogP contribution is -2.21. The van der Waals surface area contributed by atoms with E-state index in [1.165, 1.54) is 12.1 Å². The average molecular weight is 290 g/mol. The van der Waals surface area contributed by atoms with Gasteiger partial charge in [0, 0.05) is 0 Å². The quantitative estimate of drug-likeness (QED) is 0.640. The highest BCUT2D eigenvalue weighted by molar-refractivity contribution is 7.92. The van der Waals surface area contributed by atoms with E-state index in [-0.39, 0.29) is 4.90 Å². The van der Waals surface area contributed by atoms with Gasteiger partial charge in [-0.05, 0) is 31.2 Å². The predicted molar refractivity (Wildman–Crippen MR) is 75.3 cm³/mol. The van der Waals surface area contributed by atoms with Gasteiger partial charge in [-0.1, -0.05) is 35.9 Å². The van der Waals surface area contributed by atoms with Crippen LogP contribution in [0.25, 0.3) is 0 Å². The number of esters is 1. The third-order valence-electron chi connectivity index (χ3n) is 2.66. The standard InChI is InChI=1S/C15H14O4S/c1-12-7-9-14(10-8-12)20(17,18)11-15(16)19-13-5-3-2-4-6-13/h2-10H,11H2,1H3. The molecule has 0 aromatic heterocycles. The van der Waals surface area contributed by atoms with Crippen LogP contribution in [0, 0.1) is 6.92 Å². The molecule has 104 valence electrons. The lowest BCUT2D eigenvalue weighted by molar-refractivity contribution is -0.131. The van der Waals surface area contributed by atoms with Crippen molar-refractivity contribution in [2.45, 2.75) is 11.8 Å². The zero-order chi connectivity index (χ0) is 14.6. The number of para-hydroxylation sites is 1. The Bertz CT molecular complexity index is 688. The molecule has 0 amide bonds. The monoisotopic (exact) mass is 290 g/mol. The van der Waals surface area contributed by atoms with E-state index in [1.54, 1.807) is 42.5 Å². The second kappa shape index (κ2) is 5.88. The molecule has 0 aliphatic heterocycles. The zero-order valence-electron chi connectivity index (χ0n) is 10.9. The molecule has 0 saturated heterocycles. The highest BCUT2D eigenvalue weighted by Gasteiger charge is 2.20. The third-order valence-corrected chi connectivity index (χ3v) is 4.27. The van der Waals surface area contributed by atoms with E-state index in [9.17, 15) is 13.2 Å². The summed E-state index contributed by atoms with van der Waals surface area (Å²) < 4.78 is 29.1. The number of ether oxygens (including phenoxy) is 1. The van der Waals surface area contributed by atoms with Crippen LogP contribution in [-0.2, 0) is 14.6 Å². The molecule has 0 N–H and O–H groups in total. The van der Waals surface area contributed by atoms with Gasteiger partial charge in [0.1, 0.15) is 5.75 Å². The highest BCUT2D eigenvalue weighted by Crippen LogP contribution is 2.14. The maximum atomic E-state index is 12.0. The smallest absolute Gasteiger partial charge is 0.326 e. The van der Waals surface area contributed by atoms with E-state index in [0.29, 0.717) is 5.75 Å². The molecule has 2 rings (SSSR count). The summed E-state index contributed by atoms with van der Waals surface area (Å²) in [6.07, 6.45) is 0. The van der Waals surface area contributed by atoms with Crippen LogP contribution in [0.1, 0.15) is 5.56 Å². The van der Waals surface area contributed by atoms with Crippen LogP contribution in [0.5, 0.6) is 5.75 Å². The van der Waals surface area contributed by atoms with E-state index in [4.69, 9.17) is 4.74 Å². The molecule has 5 heteroatoms. The van der Waals surface area contributed by atoms with Crippen molar-refractivity contribution in [3.63, 3.8) is 0 Å². The molecule has 2 aromatic rings. The van der Waals surface area contributed by atoms with Gasteiger partial charge in [0.15, 0.2) is 15.6 Å². The molecule has 0 atom stereocenters. The zero-order valence-corrected chi connectivity index (χ0v) is 11.8. The highest BCUT2D eigenvalue weighted by atomic mass is 32.2. The van der Waals surface area contributed by atoms with Crippen LogP contribution >= 0.6 is 0 Å². The normalized spacial score (nSPS) is 11.1. The first kappa shape index (κ1) is 14.3. The van der Waals surface area contributed by atoms with Crippen LogP contribution in [0.3, 0.4) is 0 Å². The van der Waals surface area contributed by atoms with Gasteiger partial charge in [0.25, 0.3) is 0 Å². The number of hydrogen-bond donors (Lipinski definition) is 0. The summed E-state index contributed by atoms with van der Waals surface area (Å²) in [5.74, 6) is -1.14. The second-order valence-electron chi connectivity index (χ2n) is 4.36. The first-order chi connectivity index (χ1) is 9.47. The molecule has 4 nitrogen and oxygen atoms in total. The molecule has 20 heavy (non-hydrogen) atoms. The number of carbonyl (C=O) groups excluding carboxylic acids is 1. The van der Waals surface area contributed by atoms with Crippen LogP contribution in [-0.4, -0.2) is 20.1 Å². The van der Waals surface area contributed by atoms with Crippen molar-refractivity contribution in [3.8, 4) is 5.75 Å². The molecule has 0 aliphatic rings. The number of aryl methyl sites for hydroxylation is 1. The predicted octanol–water partition coefficient (Wildman–Crippen LogP) is 2.37. The van der Waals surface area contributed by atoms with Crippen molar-refractivity contribution in [1.82, 2.24) is 0 Å². The van der Waals surface area contributed by atoms with Gasteiger partial charge in [-0.15, -0.1) is 0 Å². The molecule has 0 aliphatic carbocycles. The molecule has 2 aromatic carbocycles. The van der Waals surface area contributed by atoms with Crippen LogP contribution in [0.15, 0.2) is 59.5 Å². The Morgan fingerprint density at radius 3 is 2.20 bits per heavy atom. The summed E-state index contributed by atoms with van der Waals surface area (Å²) in [6, 6.07) is 14.7. The van der Waals surface area contributed by atoms with E-state index in [2.05, 4.69) is 0 Å². The largest absolute Gasteiger partial charge is 0.426 e. The molecule has 0 radical (unpaired) electrons. The fraction of sp³-hybridized carbons (Fsp3) is 0.133. The van der Waals surface area contributed by atoms with E-state index in [0.717, 1.165) is 5.56 Å².